The lowest BCUT2D eigenvalue weighted by Crippen LogP contribution is -2.36. The first kappa shape index (κ1) is 17.6. The molecule has 140 valence electrons. The summed E-state index contributed by atoms with van der Waals surface area (Å²) in [6.07, 6.45) is 1.13. The fourth-order valence-corrected chi connectivity index (χ4v) is 3.93. The van der Waals surface area contributed by atoms with Crippen LogP contribution in [0.3, 0.4) is 0 Å². The molecule has 5 heteroatoms. The predicted octanol–water partition coefficient (Wildman–Crippen LogP) is 3.42. The molecule has 0 bridgehead atoms. The average Bonchev–Trinajstić information content (AvgIpc) is 3.25. The lowest BCUT2D eigenvalue weighted by atomic mass is 10.1. The number of carbonyl (C=O) groups is 2. The van der Waals surface area contributed by atoms with Crippen LogP contribution in [0.4, 0.5) is 11.4 Å². The second-order valence-corrected chi connectivity index (χ2v) is 7.41. The Morgan fingerprint density at radius 2 is 1.78 bits per heavy atom. The Hall–Kier alpha value is -2.82. The zero-order valence-corrected chi connectivity index (χ0v) is 15.7. The standard InChI is InChI=1S/C22H24N2O3/c1-15(2)27-20-10-6-5-9-19(20)24-14-17(13-21(24)25)22(26)23-12-11-16-7-3-4-8-18(16)23/h3-10,15,17H,11-14H2,1-2H3. The van der Waals surface area contributed by atoms with Crippen LogP contribution in [-0.2, 0) is 16.0 Å². The van der Waals surface area contributed by atoms with E-state index in [0.717, 1.165) is 17.8 Å². The van der Waals surface area contributed by atoms with Crippen LogP contribution >= 0.6 is 0 Å². The monoisotopic (exact) mass is 364 g/mol. The van der Waals surface area contributed by atoms with Crippen LogP contribution in [0, 0.1) is 5.92 Å². The van der Waals surface area contributed by atoms with Gasteiger partial charge in [0.05, 0.1) is 17.7 Å². The minimum absolute atomic E-state index is 0.0161. The van der Waals surface area contributed by atoms with Crippen LogP contribution < -0.4 is 14.5 Å². The van der Waals surface area contributed by atoms with Crippen molar-refractivity contribution in [3.05, 3.63) is 54.1 Å². The maximum Gasteiger partial charge on any atom is 0.232 e. The molecule has 0 saturated carbocycles. The Morgan fingerprint density at radius 1 is 1.07 bits per heavy atom. The highest BCUT2D eigenvalue weighted by Gasteiger charge is 2.39. The van der Waals surface area contributed by atoms with Crippen LogP contribution in [0.2, 0.25) is 0 Å². The molecular formula is C22H24N2O3. The van der Waals surface area contributed by atoms with Crippen molar-refractivity contribution in [1.82, 2.24) is 0 Å². The molecule has 2 aromatic rings. The summed E-state index contributed by atoms with van der Waals surface area (Å²) >= 11 is 0. The first-order valence-corrected chi connectivity index (χ1v) is 9.50. The number of para-hydroxylation sites is 3. The Morgan fingerprint density at radius 3 is 2.56 bits per heavy atom. The van der Waals surface area contributed by atoms with Gasteiger partial charge in [0.25, 0.3) is 0 Å². The largest absolute Gasteiger partial charge is 0.489 e. The van der Waals surface area contributed by atoms with Gasteiger partial charge in [-0.15, -0.1) is 0 Å². The first-order valence-electron chi connectivity index (χ1n) is 9.50. The Labute approximate surface area is 159 Å². The van der Waals surface area contributed by atoms with E-state index in [9.17, 15) is 9.59 Å². The number of hydrogen-bond acceptors (Lipinski definition) is 3. The van der Waals surface area contributed by atoms with Crippen LogP contribution in [-0.4, -0.2) is 31.0 Å². The highest BCUT2D eigenvalue weighted by Crippen LogP contribution is 2.36. The van der Waals surface area contributed by atoms with Crippen LogP contribution in [0.15, 0.2) is 48.5 Å². The van der Waals surface area contributed by atoms with Gasteiger partial charge in [-0.2, -0.15) is 0 Å². The second-order valence-electron chi connectivity index (χ2n) is 7.41. The fourth-order valence-electron chi connectivity index (χ4n) is 3.93. The van der Waals surface area contributed by atoms with E-state index in [0.29, 0.717) is 18.8 Å². The maximum atomic E-state index is 13.1. The van der Waals surface area contributed by atoms with Gasteiger partial charge in [0.2, 0.25) is 11.8 Å². The fraction of sp³-hybridized carbons (Fsp3) is 0.364. The number of ether oxygens (including phenoxy) is 1. The molecule has 27 heavy (non-hydrogen) atoms. The van der Waals surface area contributed by atoms with E-state index >= 15 is 0 Å². The molecule has 2 amide bonds. The van der Waals surface area contributed by atoms with Gasteiger partial charge in [0.1, 0.15) is 5.75 Å². The molecule has 2 aliphatic heterocycles. The van der Waals surface area contributed by atoms with Gasteiger partial charge in [-0.25, -0.2) is 0 Å². The summed E-state index contributed by atoms with van der Waals surface area (Å²) in [7, 11) is 0. The minimum Gasteiger partial charge on any atom is -0.489 e. The van der Waals surface area contributed by atoms with Gasteiger partial charge in [0, 0.05) is 25.2 Å². The van der Waals surface area contributed by atoms with E-state index in [1.165, 1.54) is 5.56 Å². The van der Waals surface area contributed by atoms with Crippen LogP contribution in [0.25, 0.3) is 0 Å². The van der Waals surface area contributed by atoms with Gasteiger partial charge in [-0.1, -0.05) is 30.3 Å². The smallest absolute Gasteiger partial charge is 0.232 e. The lowest BCUT2D eigenvalue weighted by Gasteiger charge is -2.23. The number of hydrogen-bond donors (Lipinski definition) is 0. The molecule has 2 heterocycles. The third kappa shape index (κ3) is 3.29. The van der Waals surface area contributed by atoms with Crippen molar-refractivity contribution in [1.29, 1.82) is 0 Å². The van der Waals surface area contributed by atoms with Crippen molar-refractivity contribution in [2.45, 2.75) is 32.8 Å². The number of nitrogens with zero attached hydrogens (tertiary/aromatic N) is 2. The molecular weight excluding hydrogens is 340 g/mol. The predicted molar refractivity (Wildman–Crippen MR) is 105 cm³/mol. The molecule has 1 saturated heterocycles. The number of anilines is 2. The molecule has 5 nitrogen and oxygen atoms in total. The average molecular weight is 364 g/mol. The lowest BCUT2D eigenvalue weighted by molar-refractivity contribution is -0.124. The SMILES string of the molecule is CC(C)Oc1ccccc1N1CC(C(=O)N2CCc3ccccc32)CC1=O. The third-order valence-electron chi connectivity index (χ3n) is 5.15. The minimum atomic E-state index is -0.323. The molecule has 0 spiro atoms. The number of amides is 2. The Kier molecular flexibility index (Phi) is 4.60. The molecule has 1 atom stereocenters. The summed E-state index contributed by atoms with van der Waals surface area (Å²) in [6.45, 7) is 5.00. The first-order chi connectivity index (χ1) is 13.0. The molecule has 1 fully saturated rings. The summed E-state index contributed by atoms with van der Waals surface area (Å²) < 4.78 is 5.86. The number of fused-ring (bicyclic) bond motifs is 1. The van der Waals surface area contributed by atoms with E-state index < -0.39 is 0 Å². The molecule has 0 N–H and O–H groups in total. The zero-order valence-electron chi connectivity index (χ0n) is 15.7. The molecule has 0 aliphatic carbocycles. The topological polar surface area (TPSA) is 49.9 Å². The van der Waals surface area contributed by atoms with Crippen molar-refractivity contribution in [2.75, 3.05) is 22.9 Å². The summed E-state index contributed by atoms with van der Waals surface area (Å²) in [4.78, 5) is 29.3. The van der Waals surface area contributed by atoms with Gasteiger partial charge in [-0.3, -0.25) is 9.59 Å². The van der Waals surface area contributed by atoms with Crippen molar-refractivity contribution in [3.8, 4) is 5.75 Å². The van der Waals surface area contributed by atoms with Crippen LogP contribution in [0.1, 0.15) is 25.8 Å². The highest BCUT2D eigenvalue weighted by atomic mass is 16.5. The number of carbonyl (C=O) groups excluding carboxylic acids is 2. The summed E-state index contributed by atoms with van der Waals surface area (Å²) in [5.41, 5.74) is 2.92. The van der Waals surface area contributed by atoms with E-state index in [1.54, 1.807) is 4.90 Å². The van der Waals surface area contributed by atoms with E-state index in [1.807, 2.05) is 61.2 Å². The van der Waals surface area contributed by atoms with E-state index in [4.69, 9.17) is 4.74 Å². The number of rotatable bonds is 4. The normalized spacial score (nSPS) is 18.9. The molecule has 0 aromatic heterocycles. The van der Waals surface area contributed by atoms with Gasteiger partial charge < -0.3 is 14.5 Å². The van der Waals surface area contributed by atoms with Crippen molar-refractivity contribution >= 4 is 23.2 Å². The van der Waals surface area contributed by atoms with Gasteiger partial charge >= 0.3 is 0 Å². The quantitative estimate of drug-likeness (QED) is 0.835. The Balaban J connectivity index is 1.54. The van der Waals surface area contributed by atoms with Crippen molar-refractivity contribution in [3.63, 3.8) is 0 Å². The summed E-state index contributed by atoms with van der Waals surface area (Å²) in [6, 6.07) is 15.5. The summed E-state index contributed by atoms with van der Waals surface area (Å²) in [5, 5.41) is 0. The van der Waals surface area contributed by atoms with E-state index in [-0.39, 0.29) is 30.3 Å². The maximum absolute atomic E-state index is 13.1. The molecule has 1 unspecified atom stereocenters. The number of benzene rings is 2. The molecule has 4 rings (SSSR count). The molecule has 2 aromatic carbocycles. The van der Waals surface area contributed by atoms with Gasteiger partial charge in [0.15, 0.2) is 0 Å². The highest BCUT2D eigenvalue weighted by molar-refractivity contribution is 6.05. The van der Waals surface area contributed by atoms with E-state index in [2.05, 4.69) is 6.07 Å². The Bertz CT molecular complexity index is 877. The van der Waals surface area contributed by atoms with Crippen molar-refractivity contribution < 1.29 is 14.3 Å². The van der Waals surface area contributed by atoms with Crippen LogP contribution in [0.5, 0.6) is 5.75 Å². The molecule has 0 radical (unpaired) electrons. The second kappa shape index (κ2) is 7.06. The van der Waals surface area contributed by atoms with Crippen molar-refractivity contribution in [2.24, 2.45) is 5.92 Å². The van der Waals surface area contributed by atoms with Gasteiger partial charge in [-0.05, 0) is 44.0 Å². The third-order valence-corrected chi connectivity index (χ3v) is 5.15. The summed E-state index contributed by atoms with van der Waals surface area (Å²) in [5.74, 6) is 0.370. The zero-order chi connectivity index (χ0) is 19.0. The molecule has 2 aliphatic rings.